The maximum absolute atomic E-state index is 15.0. The monoisotopic (exact) mass is 462 g/mol. The molecule has 0 spiro atoms. The van der Waals surface area contributed by atoms with Crippen molar-refractivity contribution in [3.63, 3.8) is 0 Å². The van der Waals surface area contributed by atoms with Crippen LogP contribution in [-0.4, -0.2) is 24.2 Å². The van der Waals surface area contributed by atoms with Crippen LogP contribution in [0, 0.1) is 29.1 Å². The Kier molecular flexibility index (Phi) is 4.87. The third kappa shape index (κ3) is 2.51. The van der Waals surface area contributed by atoms with Gasteiger partial charge in [0.15, 0.2) is 23.3 Å². The summed E-state index contributed by atoms with van der Waals surface area (Å²) in [5.74, 6) is -9.08. The van der Waals surface area contributed by atoms with E-state index < -0.39 is 63.9 Å². The molecule has 0 bridgehead atoms. The van der Waals surface area contributed by atoms with Crippen LogP contribution < -0.4 is 0 Å². The lowest BCUT2D eigenvalue weighted by molar-refractivity contribution is 0.264. The van der Waals surface area contributed by atoms with Crippen molar-refractivity contribution in [2.45, 2.75) is 81.8 Å². The van der Waals surface area contributed by atoms with Gasteiger partial charge < -0.3 is 0 Å². The lowest BCUT2D eigenvalue weighted by atomic mass is 9.56. The Morgan fingerprint density at radius 2 is 0.897 bits per heavy atom. The maximum atomic E-state index is 15.0. The van der Waals surface area contributed by atoms with Crippen molar-refractivity contribution >= 4 is 29.8 Å². The van der Waals surface area contributed by atoms with Crippen LogP contribution in [0.15, 0.2) is 5.20 Å². The van der Waals surface area contributed by atoms with E-state index in [-0.39, 0.29) is 5.04 Å². The summed E-state index contributed by atoms with van der Waals surface area (Å²) in [4.78, 5) is 0. The Hall–Kier alpha value is -0.739. The van der Waals surface area contributed by atoms with Crippen molar-refractivity contribution in [3.8, 4) is 0 Å². The third-order valence-electron chi connectivity index (χ3n) is 7.48. The lowest BCUT2D eigenvalue weighted by Gasteiger charge is -2.80. The fraction of sp³-hybridized carbons (Fsp3) is 0.619. The smallest absolute Gasteiger partial charge is 0.200 e. The molecule has 1 aromatic carbocycles. The zero-order chi connectivity index (χ0) is 22.5. The van der Waals surface area contributed by atoms with E-state index in [4.69, 9.17) is 0 Å². The van der Waals surface area contributed by atoms with Gasteiger partial charge in [0, 0.05) is 0 Å². The van der Waals surface area contributed by atoms with Gasteiger partial charge in [-0.1, -0.05) is 64.1 Å². The van der Waals surface area contributed by atoms with Gasteiger partial charge in [-0.05, 0) is 28.5 Å². The fourth-order valence-electron chi connectivity index (χ4n) is 6.62. The molecule has 2 aliphatic carbocycles. The summed E-state index contributed by atoms with van der Waals surface area (Å²) in [5.41, 5.74) is -0.160. The first-order valence-corrected chi connectivity index (χ1v) is 20.7. The first-order chi connectivity index (χ1) is 12.9. The minimum atomic E-state index is -2.11. The van der Waals surface area contributed by atoms with Crippen LogP contribution in [0.4, 0.5) is 22.0 Å². The van der Waals surface area contributed by atoms with Crippen molar-refractivity contribution in [2.24, 2.45) is 0 Å². The number of hydrogen-bond donors (Lipinski definition) is 0. The molecule has 29 heavy (non-hydrogen) atoms. The highest BCUT2D eigenvalue weighted by molar-refractivity contribution is 6.96. The van der Waals surface area contributed by atoms with Crippen molar-refractivity contribution in [3.05, 3.63) is 39.8 Å². The molecule has 0 aromatic heterocycles. The standard InChI is InChI=1S/C21H31F5Si3/c1-27(2,3)19-13(12-14(22)16(24)18(26)17(25)15(12)23)20(28(4,5)6)10-11-21(19,20)29(7,8)9/h10-11H2,1-9H3. The number of fused-ring (bicyclic) bond motifs is 1. The molecule has 0 heterocycles. The van der Waals surface area contributed by atoms with Gasteiger partial charge >= 0.3 is 0 Å². The molecule has 3 rings (SSSR count). The molecule has 0 nitrogen and oxygen atoms in total. The largest absolute Gasteiger partial charge is 0.203 e. The highest BCUT2D eigenvalue weighted by atomic mass is 28.3. The Bertz CT molecular complexity index is 905. The average molecular weight is 463 g/mol. The molecule has 0 aliphatic heterocycles. The molecule has 2 aliphatic rings. The van der Waals surface area contributed by atoms with Crippen molar-refractivity contribution in [1.82, 2.24) is 0 Å². The fourth-order valence-corrected chi connectivity index (χ4v) is 20.8. The Labute approximate surface area is 173 Å². The van der Waals surface area contributed by atoms with Crippen LogP contribution in [0.25, 0.3) is 5.57 Å². The number of rotatable bonds is 4. The highest BCUT2D eigenvalue weighted by Gasteiger charge is 2.79. The number of hydrogen-bond acceptors (Lipinski definition) is 0. The minimum Gasteiger partial charge on any atom is -0.203 e. The predicted octanol–water partition coefficient (Wildman–Crippen LogP) is 7.98. The summed E-state index contributed by atoms with van der Waals surface area (Å²) < 4.78 is 72.2. The summed E-state index contributed by atoms with van der Waals surface area (Å²) >= 11 is 0. The Morgan fingerprint density at radius 1 is 0.552 bits per heavy atom. The topological polar surface area (TPSA) is 0 Å². The van der Waals surface area contributed by atoms with Crippen LogP contribution in [0.1, 0.15) is 18.4 Å². The molecule has 1 fully saturated rings. The van der Waals surface area contributed by atoms with E-state index in [1.54, 1.807) is 0 Å². The predicted molar refractivity (Wildman–Crippen MR) is 118 cm³/mol. The van der Waals surface area contributed by atoms with Gasteiger partial charge in [0.2, 0.25) is 5.82 Å². The highest BCUT2D eigenvalue weighted by Crippen LogP contribution is 2.91. The number of benzene rings is 1. The molecular weight excluding hydrogens is 431 g/mol. The van der Waals surface area contributed by atoms with Gasteiger partial charge in [-0.2, -0.15) is 0 Å². The van der Waals surface area contributed by atoms with E-state index in [2.05, 4.69) is 58.9 Å². The quantitative estimate of drug-likeness (QED) is 0.184. The van der Waals surface area contributed by atoms with E-state index in [0.717, 1.165) is 18.0 Å². The SMILES string of the molecule is C[Si](C)(C)C1=C(c2c(F)c(F)c(F)c(F)c2F)C2([Si](C)(C)C)CCC12[Si](C)(C)C. The zero-order valence-corrected chi connectivity index (χ0v) is 21.8. The molecule has 2 unspecified atom stereocenters. The molecule has 0 amide bonds. The normalized spacial score (nSPS) is 27.5. The van der Waals surface area contributed by atoms with Gasteiger partial charge in [-0.3, -0.25) is 0 Å². The molecule has 162 valence electrons. The second kappa shape index (κ2) is 6.16. The lowest BCUT2D eigenvalue weighted by Crippen LogP contribution is -2.71. The van der Waals surface area contributed by atoms with Gasteiger partial charge in [0.05, 0.1) is 29.8 Å². The van der Waals surface area contributed by atoms with Crippen molar-refractivity contribution in [2.75, 3.05) is 0 Å². The van der Waals surface area contributed by atoms with E-state index in [1.165, 1.54) is 0 Å². The summed E-state index contributed by atoms with van der Waals surface area (Å²) in [5, 5.41) is 0.518. The molecule has 0 saturated heterocycles. The van der Waals surface area contributed by atoms with Crippen LogP contribution in [0.3, 0.4) is 0 Å². The molecule has 0 radical (unpaired) electrons. The van der Waals surface area contributed by atoms with E-state index in [0.29, 0.717) is 5.57 Å². The van der Waals surface area contributed by atoms with Gasteiger partial charge in [0.1, 0.15) is 0 Å². The first-order valence-electron chi connectivity index (χ1n) is 10.2. The van der Waals surface area contributed by atoms with Crippen LogP contribution in [-0.2, 0) is 0 Å². The first kappa shape index (κ1) is 22.9. The summed E-state index contributed by atoms with van der Waals surface area (Å²) in [6.45, 7) is 19.8. The molecular formula is C21H31F5Si3. The van der Waals surface area contributed by atoms with Gasteiger partial charge in [-0.15, -0.1) is 0 Å². The summed E-state index contributed by atoms with van der Waals surface area (Å²) in [6.07, 6.45) is 1.74. The van der Waals surface area contributed by atoms with Gasteiger partial charge in [-0.25, -0.2) is 22.0 Å². The average Bonchev–Trinajstić information content (AvgIpc) is 2.50. The van der Waals surface area contributed by atoms with Crippen LogP contribution in [0.2, 0.25) is 69.0 Å². The molecule has 2 atom stereocenters. The van der Waals surface area contributed by atoms with Gasteiger partial charge in [0.25, 0.3) is 0 Å². The number of halogens is 5. The van der Waals surface area contributed by atoms with E-state index >= 15 is 8.78 Å². The van der Waals surface area contributed by atoms with Crippen LogP contribution in [0.5, 0.6) is 0 Å². The Morgan fingerprint density at radius 3 is 1.17 bits per heavy atom. The van der Waals surface area contributed by atoms with Crippen LogP contribution >= 0.6 is 0 Å². The molecule has 1 saturated carbocycles. The Balaban J connectivity index is 2.55. The maximum Gasteiger partial charge on any atom is 0.200 e. The molecule has 0 N–H and O–H groups in total. The van der Waals surface area contributed by atoms with E-state index in [1.807, 2.05) is 0 Å². The summed E-state index contributed by atoms with van der Waals surface area (Å²) in [6, 6.07) is 0. The minimum absolute atomic E-state index is 0.107. The second-order valence-electron chi connectivity index (χ2n) is 11.8. The number of allylic oxidation sites excluding steroid dienone is 2. The van der Waals surface area contributed by atoms with E-state index in [9.17, 15) is 13.2 Å². The second-order valence-corrected chi connectivity index (χ2v) is 27.5. The summed E-state index contributed by atoms with van der Waals surface area (Å²) in [7, 11) is -6.07. The molecule has 8 heteroatoms. The van der Waals surface area contributed by atoms with Crippen molar-refractivity contribution < 1.29 is 22.0 Å². The van der Waals surface area contributed by atoms with Crippen molar-refractivity contribution in [1.29, 1.82) is 0 Å². The molecule has 1 aromatic rings. The third-order valence-corrected chi connectivity index (χ3v) is 17.1. The zero-order valence-electron chi connectivity index (χ0n) is 18.8.